The van der Waals surface area contributed by atoms with Crippen molar-refractivity contribution in [3.63, 3.8) is 0 Å². The molecule has 1 rings (SSSR count). The van der Waals surface area contributed by atoms with Gasteiger partial charge in [0.15, 0.2) is 0 Å². The van der Waals surface area contributed by atoms with Gasteiger partial charge < -0.3 is 10.2 Å². The van der Waals surface area contributed by atoms with Gasteiger partial charge in [0.2, 0.25) is 11.8 Å². The molecule has 0 aliphatic carbocycles. The lowest BCUT2D eigenvalue weighted by Gasteiger charge is -2.11. The summed E-state index contributed by atoms with van der Waals surface area (Å²) in [5.41, 5.74) is 0.814. The van der Waals surface area contributed by atoms with Crippen molar-refractivity contribution in [3.05, 3.63) is 20.2 Å². The fraction of sp³-hybridized carbons (Fsp3) is 0.583. The first-order valence-electron chi connectivity index (χ1n) is 5.96. The minimum absolute atomic E-state index is 0.00512. The van der Waals surface area contributed by atoms with E-state index in [1.54, 1.807) is 14.1 Å². The van der Waals surface area contributed by atoms with Crippen molar-refractivity contribution in [2.45, 2.75) is 26.8 Å². The zero-order chi connectivity index (χ0) is 14.6. The molecular formula is C12H19N3O3S. The molecule has 1 heterocycles. The van der Waals surface area contributed by atoms with Crippen LogP contribution in [0, 0.1) is 13.8 Å². The van der Waals surface area contributed by atoms with Crippen LogP contribution in [0.5, 0.6) is 0 Å². The molecule has 0 atom stereocenters. The molecule has 0 bridgehead atoms. The molecular weight excluding hydrogens is 266 g/mol. The van der Waals surface area contributed by atoms with E-state index in [0.717, 1.165) is 21.9 Å². The van der Waals surface area contributed by atoms with Crippen LogP contribution in [0.3, 0.4) is 0 Å². The number of hydrogen-bond acceptors (Lipinski definition) is 4. The van der Waals surface area contributed by atoms with Gasteiger partial charge in [-0.2, -0.15) is 0 Å². The van der Waals surface area contributed by atoms with E-state index in [2.05, 4.69) is 5.32 Å². The highest BCUT2D eigenvalue weighted by atomic mass is 32.1. The fourth-order valence-electron chi connectivity index (χ4n) is 1.50. The van der Waals surface area contributed by atoms with Crippen molar-refractivity contribution in [1.82, 2.24) is 14.8 Å². The Labute approximate surface area is 116 Å². The second-order valence-electron chi connectivity index (χ2n) is 4.48. The van der Waals surface area contributed by atoms with E-state index < -0.39 is 0 Å². The van der Waals surface area contributed by atoms with Gasteiger partial charge in [0.25, 0.3) is 0 Å². The summed E-state index contributed by atoms with van der Waals surface area (Å²) in [5, 5.41) is 2.64. The van der Waals surface area contributed by atoms with Crippen LogP contribution in [-0.4, -0.2) is 41.9 Å². The number of carbonyl (C=O) groups is 2. The van der Waals surface area contributed by atoms with Crippen LogP contribution in [-0.2, 0) is 16.1 Å². The molecule has 1 aromatic rings. The van der Waals surface area contributed by atoms with Gasteiger partial charge in [-0.3, -0.25) is 19.0 Å². The fourth-order valence-corrected chi connectivity index (χ4v) is 2.33. The monoisotopic (exact) mass is 285 g/mol. The Balaban J connectivity index is 2.48. The molecule has 0 saturated heterocycles. The number of nitrogens with one attached hydrogen (secondary N) is 1. The maximum atomic E-state index is 11.7. The summed E-state index contributed by atoms with van der Waals surface area (Å²) in [7, 11) is 3.34. The Morgan fingerprint density at radius 3 is 2.42 bits per heavy atom. The Bertz CT molecular complexity index is 531. The van der Waals surface area contributed by atoms with Gasteiger partial charge in [-0.25, -0.2) is 0 Å². The minimum Gasteiger partial charge on any atom is -0.354 e. The maximum absolute atomic E-state index is 11.7. The lowest BCUT2D eigenvalue weighted by atomic mass is 10.3. The van der Waals surface area contributed by atoms with Crippen molar-refractivity contribution in [2.75, 3.05) is 20.6 Å². The van der Waals surface area contributed by atoms with Crippen LogP contribution in [0.1, 0.15) is 17.0 Å². The van der Waals surface area contributed by atoms with Crippen molar-refractivity contribution in [3.8, 4) is 0 Å². The first-order valence-corrected chi connectivity index (χ1v) is 6.78. The van der Waals surface area contributed by atoms with E-state index in [4.69, 9.17) is 0 Å². The van der Waals surface area contributed by atoms with Crippen LogP contribution < -0.4 is 10.2 Å². The summed E-state index contributed by atoms with van der Waals surface area (Å²) in [5.74, 6) is -0.297. The van der Waals surface area contributed by atoms with Crippen LogP contribution in [0.2, 0.25) is 0 Å². The highest BCUT2D eigenvalue weighted by Gasteiger charge is 2.11. The molecule has 0 saturated carbocycles. The molecule has 19 heavy (non-hydrogen) atoms. The van der Waals surface area contributed by atoms with Crippen LogP contribution >= 0.6 is 11.3 Å². The van der Waals surface area contributed by atoms with E-state index >= 15 is 0 Å². The molecule has 7 heteroatoms. The zero-order valence-electron chi connectivity index (χ0n) is 11.6. The number of carbonyl (C=O) groups excluding carboxylic acids is 2. The Kier molecular flexibility index (Phi) is 5.29. The summed E-state index contributed by atoms with van der Waals surface area (Å²) in [6.07, 6.45) is 0.259. The highest BCUT2D eigenvalue weighted by molar-refractivity contribution is 7.09. The van der Waals surface area contributed by atoms with E-state index in [1.807, 2.05) is 13.8 Å². The number of aromatic nitrogens is 1. The quantitative estimate of drug-likeness (QED) is 0.835. The predicted octanol–water partition coefficient (Wildman–Crippen LogP) is 0.121. The zero-order valence-corrected chi connectivity index (χ0v) is 12.5. The number of thiazole rings is 1. The SMILES string of the molecule is Cc1sc(=O)n(CC(=O)NCCC(=O)N(C)C)c1C. The summed E-state index contributed by atoms with van der Waals surface area (Å²) in [4.78, 5) is 36.9. The Morgan fingerprint density at radius 1 is 1.32 bits per heavy atom. The molecule has 2 amide bonds. The second kappa shape index (κ2) is 6.51. The summed E-state index contributed by atoms with van der Waals surface area (Å²) >= 11 is 1.14. The molecule has 1 N–H and O–H groups in total. The van der Waals surface area contributed by atoms with Gasteiger partial charge in [-0.15, -0.1) is 0 Å². The van der Waals surface area contributed by atoms with Crippen LogP contribution in [0.4, 0.5) is 0 Å². The van der Waals surface area contributed by atoms with Gasteiger partial charge in [0.05, 0.1) is 0 Å². The maximum Gasteiger partial charge on any atom is 0.308 e. The lowest BCUT2D eigenvalue weighted by Crippen LogP contribution is -2.34. The first-order chi connectivity index (χ1) is 8.82. The van der Waals surface area contributed by atoms with Gasteiger partial charge in [-0.05, 0) is 13.8 Å². The molecule has 0 aliphatic heterocycles. The summed E-state index contributed by atoms with van der Waals surface area (Å²) < 4.78 is 1.45. The van der Waals surface area contributed by atoms with Gasteiger partial charge in [-0.1, -0.05) is 11.3 Å². The van der Waals surface area contributed by atoms with E-state index in [1.165, 1.54) is 9.47 Å². The number of amides is 2. The molecule has 0 fully saturated rings. The largest absolute Gasteiger partial charge is 0.354 e. The van der Waals surface area contributed by atoms with E-state index in [9.17, 15) is 14.4 Å². The Morgan fingerprint density at radius 2 is 1.95 bits per heavy atom. The van der Waals surface area contributed by atoms with Gasteiger partial charge in [0, 0.05) is 37.6 Å². The first kappa shape index (κ1) is 15.4. The number of hydrogen-bond donors (Lipinski definition) is 1. The molecule has 6 nitrogen and oxygen atoms in total. The second-order valence-corrected chi connectivity index (χ2v) is 5.65. The van der Waals surface area contributed by atoms with Crippen LogP contribution in [0.25, 0.3) is 0 Å². The van der Waals surface area contributed by atoms with Crippen molar-refractivity contribution in [1.29, 1.82) is 0 Å². The summed E-state index contributed by atoms with van der Waals surface area (Å²) in [6, 6.07) is 0. The average molecular weight is 285 g/mol. The molecule has 0 radical (unpaired) electrons. The van der Waals surface area contributed by atoms with E-state index in [-0.39, 0.29) is 36.2 Å². The van der Waals surface area contributed by atoms with Crippen molar-refractivity contribution in [2.24, 2.45) is 0 Å². The molecule has 0 aliphatic rings. The van der Waals surface area contributed by atoms with Crippen LogP contribution in [0.15, 0.2) is 4.79 Å². The molecule has 0 unspecified atom stereocenters. The van der Waals surface area contributed by atoms with Crippen molar-refractivity contribution < 1.29 is 9.59 Å². The normalized spacial score (nSPS) is 10.3. The highest BCUT2D eigenvalue weighted by Crippen LogP contribution is 2.08. The van der Waals surface area contributed by atoms with Crippen molar-refractivity contribution >= 4 is 23.2 Å². The topological polar surface area (TPSA) is 71.4 Å². The summed E-state index contributed by atoms with van der Waals surface area (Å²) in [6.45, 7) is 3.96. The third-order valence-corrected chi connectivity index (χ3v) is 3.83. The van der Waals surface area contributed by atoms with E-state index in [0.29, 0.717) is 0 Å². The molecule has 0 spiro atoms. The smallest absolute Gasteiger partial charge is 0.308 e. The number of aryl methyl sites for hydroxylation is 1. The number of nitrogens with zero attached hydrogens (tertiary/aromatic N) is 2. The predicted molar refractivity (Wildman–Crippen MR) is 74.4 cm³/mol. The molecule has 0 aromatic carbocycles. The standard InChI is InChI=1S/C12H19N3O3S/c1-8-9(2)19-12(18)15(8)7-10(16)13-6-5-11(17)14(3)4/h5-7H2,1-4H3,(H,13,16). The molecule has 106 valence electrons. The third kappa shape index (κ3) is 4.20. The average Bonchev–Trinajstić information content (AvgIpc) is 2.55. The van der Waals surface area contributed by atoms with Gasteiger partial charge in [0.1, 0.15) is 6.54 Å². The lowest BCUT2D eigenvalue weighted by molar-refractivity contribution is -0.128. The van der Waals surface area contributed by atoms with Gasteiger partial charge >= 0.3 is 4.87 Å². The Hall–Kier alpha value is -1.63. The minimum atomic E-state index is -0.255. The molecule has 1 aromatic heterocycles. The number of rotatable bonds is 5. The third-order valence-electron chi connectivity index (χ3n) is 2.84.